The molecule has 0 radical (unpaired) electrons. The first-order valence-electron chi connectivity index (χ1n) is 7.25. The van der Waals surface area contributed by atoms with Crippen LogP contribution in [0.4, 0.5) is 5.69 Å². The molecule has 0 aromatic heterocycles. The molecule has 1 N–H and O–H groups in total. The van der Waals surface area contributed by atoms with Crippen molar-refractivity contribution in [2.24, 2.45) is 0 Å². The summed E-state index contributed by atoms with van der Waals surface area (Å²) in [5.41, 5.74) is 5.26. The van der Waals surface area contributed by atoms with Crippen molar-refractivity contribution in [2.45, 2.75) is 26.9 Å². The fourth-order valence-corrected chi connectivity index (χ4v) is 2.27. The smallest absolute Gasteiger partial charge is 0.0426 e. The predicted molar refractivity (Wildman–Crippen MR) is 87.1 cm³/mol. The summed E-state index contributed by atoms with van der Waals surface area (Å²) in [6, 6.07) is 17.5. The summed E-state index contributed by atoms with van der Waals surface area (Å²) in [7, 11) is 2.14. The van der Waals surface area contributed by atoms with E-state index >= 15 is 0 Å². The molecule has 2 rings (SSSR count). The van der Waals surface area contributed by atoms with E-state index in [9.17, 15) is 0 Å². The molecule has 0 fully saturated rings. The lowest BCUT2D eigenvalue weighted by Gasteiger charge is -2.20. The topological polar surface area (TPSA) is 15.3 Å². The maximum Gasteiger partial charge on any atom is 0.0426 e. The Hall–Kier alpha value is -1.80. The lowest BCUT2D eigenvalue weighted by molar-refractivity contribution is 0.725. The molecular formula is C18H24N2. The van der Waals surface area contributed by atoms with Gasteiger partial charge in [0.15, 0.2) is 0 Å². The molecule has 0 unspecified atom stereocenters. The van der Waals surface area contributed by atoms with Crippen LogP contribution in [0, 0.1) is 6.92 Å². The number of benzene rings is 2. The fraction of sp³-hybridized carbons (Fsp3) is 0.333. The molecule has 0 bridgehead atoms. The van der Waals surface area contributed by atoms with Crippen LogP contribution < -0.4 is 10.2 Å². The van der Waals surface area contributed by atoms with Crippen LogP contribution in [0.3, 0.4) is 0 Å². The first-order chi connectivity index (χ1) is 9.69. The van der Waals surface area contributed by atoms with Gasteiger partial charge in [-0.2, -0.15) is 0 Å². The van der Waals surface area contributed by atoms with Crippen LogP contribution in [-0.2, 0) is 13.1 Å². The zero-order chi connectivity index (χ0) is 14.4. The average molecular weight is 268 g/mol. The highest BCUT2D eigenvalue weighted by molar-refractivity contribution is 5.47. The van der Waals surface area contributed by atoms with Crippen molar-refractivity contribution in [3.63, 3.8) is 0 Å². The first kappa shape index (κ1) is 14.6. The zero-order valence-electron chi connectivity index (χ0n) is 12.7. The van der Waals surface area contributed by atoms with Crippen molar-refractivity contribution in [1.29, 1.82) is 0 Å². The highest BCUT2D eigenvalue weighted by atomic mass is 15.1. The number of anilines is 1. The number of hydrogen-bond acceptors (Lipinski definition) is 2. The maximum absolute atomic E-state index is 3.37. The predicted octanol–water partition coefficient (Wildman–Crippen LogP) is 3.74. The standard InChI is InChI=1S/C18H24N2/c1-4-19-13-16-6-5-7-17(12-16)14-20(3)18-10-8-15(2)9-11-18/h5-12,19H,4,13-14H2,1-3H3. The number of rotatable bonds is 6. The minimum absolute atomic E-state index is 0.934. The molecule has 0 amide bonds. The third-order valence-corrected chi connectivity index (χ3v) is 3.47. The van der Waals surface area contributed by atoms with E-state index in [1.807, 2.05) is 0 Å². The summed E-state index contributed by atoms with van der Waals surface area (Å²) in [6.45, 7) is 7.14. The van der Waals surface area contributed by atoms with Crippen LogP contribution in [0.5, 0.6) is 0 Å². The minimum Gasteiger partial charge on any atom is -0.370 e. The van der Waals surface area contributed by atoms with Crippen LogP contribution in [-0.4, -0.2) is 13.6 Å². The van der Waals surface area contributed by atoms with Gasteiger partial charge in [0.1, 0.15) is 0 Å². The molecule has 20 heavy (non-hydrogen) atoms. The molecule has 0 spiro atoms. The molecule has 2 aromatic carbocycles. The van der Waals surface area contributed by atoms with Crippen LogP contribution in [0.25, 0.3) is 0 Å². The summed E-state index contributed by atoms with van der Waals surface area (Å²) in [4.78, 5) is 2.28. The Morgan fingerprint density at radius 1 is 1.00 bits per heavy atom. The molecule has 2 heteroatoms. The van der Waals surface area contributed by atoms with Gasteiger partial charge < -0.3 is 10.2 Å². The third-order valence-electron chi connectivity index (χ3n) is 3.47. The fourth-order valence-electron chi connectivity index (χ4n) is 2.27. The van der Waals surface area contributed by atoms with Gasteiger partial charge in [-0.15, -0.1) is 0 Å². The maximum atomic E-state index is 3.37. The van der Waals surface area contributed by atoms with Crippen molar-refractivity contribution in [1.82, 2.24) is 5.32 Å². The molecule has 0 saturated heterocycles. The van der Waals surface area contributed by atoms with Gasteiger partial charge in [-0.1, -0.05) is 48.9 Å². The van der Waals surface area contributed by atoms with Gasteiger partial charge in [-0.3, -0.25) is 0 Å². The summed E-state index contributed by atoms with van der Waals surface area (Å²) >= 11 is 0. The van der Waals surface area contributed by atoms with Crippen molar-refractivity contribution < 1.29 is 0 Å². The summed E-state index contributed by atoms with van der Waals surface area (Å²) in [5, 5.41) is 3.37. The summed E-state index contributed by atoms with van der Waals surface area (Å²) in [6.07, 6.45) is 0. The Labute approximate surface area is 122 Å². The van der Waals surface area contributed by atoms with E-state index in [1.165, 1.54) is 22.4 Å². The Bertz CT molecular complexity index is 531. The SMILES string of the molecule is CCNCc1cccc(CN(C)c2ccc(C)cc2)c1. The number of nitrogens with one attached hydrogen (secondary N) is 1. The molecule has 106 valence electrons. The van der Waals surface area contributed by atoms with Crippen LogP contribution >= 0.6 is 0 Å². The highest BCUT2D eigenvalue weighted by Crippen LogP contribution is 2.16. The van der Waals surface area contributed by atoms with Crippen molar-refractivity contribution in [3.05, 3.63) is 65.2 Å². The number of hydrogen-bond donors (Lipinski definition) is 1. The summed E-state index contributed by atoms with van der Waals surface area (Å²) in [5.74, 6) is 0. The Morgan fingerprint density at radius 2 is 1.70 bits per heavy atom. The molecular weight excluding hydrogens is 244 g/mol. The molecule has 0 aliphatic heterocycles. The molecule has 2 nitrogen and oxygen atoms in total. The van der Waals surface area contributed by atoms with E-state index < -0.39 is 0 Å². The monoisotopic (exact) mass is 268 g/mol. The van der Waals surface area contributed by atoms with E-state index in [1.54, 1.807) is 0 Å². The zero-order valence-corrected chi connectivity index (χ0v) is 12.7. The second kappa shape index (κ2) is 7.11. The second-order valence-electron chi connectivity index (χ2n) is 5.29. The van der Waals surface area contributed by atoms with Gasteiger partial charge in [0.2, 0.25) is 0 Å². The van der Waals surface area contributed by atoms with Gasteiger partial charge in [0.25, 0.3) is 0 Å². The third kappa shape index (κ3) is 4.10. The molecule has 2 aromatic rings. The van der Waals surface area contributed by atoms with E-state index in [4.69, 9.17) is 0 Å². The molecule has 0 atom stereocenters. The van der Waals surface area contributed by atoms with Crippen molar-refractivity contribution in [2.75, 3.05) is 18.5 Å². The number of nitrogens with zero attached hydrogens (tertiary/aromatic N) is 1. The lowest BCUT2D eigenvalue weighted by atomic mass is 10.1. The highest BCUT2D eigenvalue weighted by Gasteiger charge is 2.02. The molecule has 0 heterocycles. The molecule has 0 aliphatic rings. The van der Waals surface area contributed by atoms with Gasteiger partial charge in [0, 0.05) is 25.8 Å². The average Bonchev–Trinajstić information content (AvgIpc) is 2.46. The molecule has 0 saturated carbocycles. The van der Waals surface area contributed by atoms with Crippen molar-refractivity contribution in [3.8, 4) is 0 Å². The largest absolute Gasteiger partial charge is 0.370 e. The van der Waals surface area contributed by atoms with Crippen LogP contribution in [0.15, 0.2) is 48.5 Å². The Morgan fingerprint density at radius 3 is 2.40 bits per heavy atom. The van der Waals surface area contributed by atoms with Crippen LogP contribution in [0.2, 0.25) is 0 Å². The van der Waals surface area contributed by atoms with Gasteiger partial charge in [0.05, 0.1) is 0 Å². The molecule has 0 aliphatic carbocycles. The van der Waals surface area contributed by atoms with E-state index in [2.05, 4.69) is 79.6 Å². The Balaban J connectivity index is 2.03. The lowest BCUT2D eigenvalue weighted by Crippen LogP contribution is -2.17. The quantitative estimate of drug-likeness (QED) is 0.858. The first-order valence-corrected chi connectivity index (χ1v) is 7.25. The van der Waals surface area contributed by atoms with Gasteiger partial charge in [-0.25, -0.2) is 0 Å². The summed E-state index contributed by atoms with van der Waals surface area (Å²) < 4.78 is 0. The second-order valence-corrected chi connectivity index (χ2v) is 5.29. The van der Waals surface area contributed by atoms with Crippen molar-refractivity contribution >= 4 is 5.69 Å². The minimum atomic E-state index is 0.934. The van der Waals surface area contributed by atoms with Gasteiger partial charge in [-0.05, 0) is 36.7 Å². The normalized spacial score (nSPS) is 10.6. The number of aryl methyl sites for hydroxylation is 1. The van der Waals surface area contributed by atoms with E-state index in [-0.39, 0.29) is 0 Å². The van der Waals surface area contributed by atoms with E-state index in [0.29, 0.717) is 0 Å². The van der Waals surface area contributed by atoms with E-state index in [0.717, 1.165) is 19.6 Å². The van der Waals surface area contributed by atoms with Crippen LogP contribution in [0.1, 0.15) is 23.6 Å². The Kier molecular flexibility index (Phi) is 5.19. The van der Waals surface area contributed by atoms with Gasteiger partial charge >= 0.3 is 0 Å².